The Hall–Kier alpha value is -4.25. The van der Waals surface area contributed by atoms with Crippen LogP contribution in [0.5, 0.6) is 0 Å². The predicted molar refractivity (Wildman–Crippen MR) is 189 cm³/mol. The van der Waals surface area contributed by atoms with Crippen LogP contribution in [0.3, 0.4) is 0 Å². The van der Waals surface area contributed by atoms with Gasteiger partial charge in [-0.25, -0.2) is 18.7 Å². The normalized spacial score (nSPS) is 22.4. The summed E-state index contributed by atoms with van der Waals surface area (Å²) in [4.78, 5) is 59.9. The molecule has 7 N–H and O–H groups in total. The van der Waals surface area contributed by atoms with Crippen molar-refractivity contribution in [2.24, 2.45) is 0 Å². The molecule has 1 aromatic carbocycles. The second-order valence-electron chi connectivity index (χ2n) is 10.8. The number of phosphoric acid groups is 1. The molecule has 0 spiro atoms. The number of carboxylic acid groups (broad SMARTS) is 1. The Morgan fingerprint density at radius 2 is 1.75 bits per heavy atom. The van der Waals surface area contributed by atoms with E-state index in [1.165, 1.54) is 12.3 Å². The molecule has 1 amide bonds. The summed E-state index contributed by atoms with van der Waals surface area (Å²) in [5, 5.41) is 31.5. The molecule has 25 heteroatoms. The Balaban J connectivity index is 0.00000627. The number of esters is 1. The molecule has 0 saturated carbocycles. The zero-order valence-corrected chi connectivity index (χ0v) is 33.5. The van der Waals surface area contributed by atoms with E-state index < -0.39 is 69.2 Å². The van der Waals surface area contributed by atoms with Crippen molar-refractivity contribution in [3.05, 3.63) is 58.0 Å². The van der Waals surface area contributed by atoms with E-state index in [4.69, 9.17) is 29.1 Å². The molecule has 18 nitrogen and oxygen atoms in total. The molecule has 3 aromatic rings. The third-order valence-electron chi connectivity index (χ3n) is 7.46. The van der Waals surface area contributed by atoms with E-state index >= 15 is 0 Å². The molecule has 0 bridgehead atoms. The van der Waals surface area contributed by atoms with Crippen LogP contribution in [-0.2, 0) is 50.4 Å². The number of anilines is 1. The zero-order valence-electron chi connectivity index (χ0n) is 26.9. The van der Waals surface area contributed by atoms with E-state index in [2.05, 4.69) is 26.3 Å². The number of phosphoric ester groups is 1. The van der Waals surface area contributed by atoms with E-state index in [-0.39, 0.29) is 53.9 Å². The molecule has 5 rings (SSSR count). The molecule has 0 radical (unpaired) electrons. The Labute approximate surface area is 309 Å². The molecule has 1 saturated heterocycles. The number of nitrogens with zero attached hydrogens (tertiary/aromatic N) is 2. The first-order valence-corrected chi connectivity index (χ1v) is 21.0. The van der Waals surface area contributed by atoms with E-state index in [0.29, 0.717) is 20.9 Å². The molecule has 4 heterocycles. The van der Waals surface area contributed by atoms with Crippen molar-refractivity contribution in [2.45, 2.75) is 47.3 Å². The van der Waals surface area contributed by atoms with Crippen molar-refractivity contribution in [2.75, 3.05) is 37.3 Å². The van der Waals surface area contributed by atoms with Gasteiger partial charge < -0.3 is 35.5 Å². The van der Waals surface area contributed by atoms with E-state index in [1.54, 1.807) is 12.1 Å². The molecule has 0 aliphatic carbocycles. The van der Waals surface area contributed by atoms with Gasteiger partial charge in [0, 0.05) is 21.6 Å². The number of hydrogen-bond donors (Lipinski definition) is 6. The number of aliphatic hydroxyl groups is 2. The maximum atomic E-state index is 13.8. The number of alkyl halides is 1. The second kappa shape index (κ2) is 18.2. The third-order valence-corrected chi connectivity index (χ3v) is 13.4. The maximum Gasteiger partial charge on any atom is 0.475 e. The number of ether oxygens (including phenoxy) is 2. The summed E-state index contributed by atoms with van der Waals surface area (Å²) in [5.41, 5.74) is 6.32. The predicted octanol–water partition coefficient (Wildman–Crippen LogP) is 3.51. The molecule has 1 fully saturated rings. The summed E-state index contributed by atoms with van der Waals surface area (Å²) >= 11 is 0. The van der Waals surface area contributed by atoms with E-state index in [0.717, 1.165) is 48.1 Å². The van der Waals surface area contributed by atoms with Gasteiger partial charge in [0.05, 0.1) is 31.9 Å². The molecule has 53 heavy (non-hydrogen) atoms. The molecular weight excluding hydrogens is 1050 g/mol. The van der Waals surface area contributed by atoms with Crippen LogP contribution < -0.4 is 11.3 Å². The minimum atomic E-state index is -4.42. The monoisotopic (exact) mass is 1080 g/mol. The average molecular weight is 1080 g/mol. The number of fused-ring (bicyclic) bond motifs is 2. The number of likely N-dealkylation sites (tertiary alicyclic amines) is 1. The number of aliphatic hydroxyl groups excluding tert-OH is 2. The van der Waals surface area contributed by atoms with Gasteiger partial charge in [0.2, 0.25) is 12.8 Å². The quantitative estimate of drug-likeness (QED) is 0.0550. The van der Waals surface area contributed by atoms with Crippen LogP contribution in [0, 0.1) is 0 Å². The molecule has 5 atom stereocenters. The SMILES string of the molecule is C=CCOC(=O)N1C(COP2(=O)OCc3cc(SSCC(=O)O)c(SSCC(=O)OCF)cc3CO2)C(O)C(O)C1c1c[nH]c2c(=O)[nH]c(N)nc12.[Fm]. The fraction of sp³-hybridized carbons (Fsp3) is 0.393. The van der Waals surface area contributed by atoms with Gasteiger partial charge in [-0.05, 0) is 23.3 Å². The number of aliphatic carboxylic acids is 1. The summed E-state index contributed by atoms with van der Waals surface area (Å²) in [6.45, 7) is 0.768. The number of nitrogens with one attached hydrogen (secondary N) is 2. The van der Waals surface area contributed by atoms with Gasteiger partial charge in [-0.2, -0.15) is 0 Å². The fourth-order valence-corrected chi connectivity index (χ4v) is 10.8. The van der Waals surface area contributed by atoms with Crippen molar-refractivity contribution < 1.29 is 61.7 Å². The minimum absolute atomic E-state index is 0. The molecule has 2 aromatic heterocycles. The maximum absolute atomic E-state index is 13.8. The Kier molecular flexibility index (Phi) is 14.2. The van der Waals surface area contributed by atoms with E-state index in [9.17, 15) is 38.3 Å². The van der Waals surface area contributed by atoms with Gasteiger partial charge in [-0.1, -0.05) is 55.8 Å². The first-order chi connectivity index (χ1) is 24.9. The summed E-state index contributed by atoms with van der Waals surface area (Å²) in [7, 11) is -0.0168. The number of amides is 1. The van der Waals surface area contributed by atoms with Crippen molar-refractivity contribution in [3.8, 4) is 0 Å². The number of benzene rings is 1. The van der Waals surface area contributed by atoms with Crippen molar-refractivity contribution in [3.63, 3.8) is 0 Å². The zero-order chi connectivity index (χ0) is 37.6. The van der Waals surface area contributed by atoms with Crippen LogP contribution in [0.2, 0.25) is 0 Å². The number of aromatic amines is 2. The van der Waals surface area contributed by atoms with Crippen molar-refractivity contribution >= 4 is 86.0 Å². The molecular formula is C28H31FFmN5O13PS4. The van der Waals surface area contributed by atoms with E-state index in [1.807, 2.05) is 0 Å². The Morgan fingerprint density at radius 1 is 1.11 bits per heavy atom. The first kappa shape index (κ1) is 41.5. The number of aromatic nitrogens is 3. The van der Waals surface area contributed by atoms with Gasteiger partial charge >= 0.3 is 25.9 Å². The summed E-state index contributed by atoms with van der Waals surface area (Å²) in [6, 6.07) is 0.640. The number of hydrogen-bond acceptors (Lipinski definition) is 18. The molecule has 294 valence electrons. The minimum Gasteiger partial charge on any atom is -0.481 e. The van der Waals surface area contributed by atoms with Gasteiger partial charge in [0.25, 0.3) is 5.56 Å². The van der Waals surface area contributed by atoms with Crippen LogP contribution >= 0.6 is 51.0 Å². The topological polar surface area (TPSA) is 266 Å². The number of nitrogen functional groups attached to an aromatic ring is 1. The van der Waals surface area contributed by atoms with Crippen LogP contribution in [-0.4, -0.2) is 103 Å². The van der Waals surface area contributed by atoms with Gasteiger partial charge in [0.1, 0.15) is 41.4 Å². The largest absolute Gasteiger partial charge is 0.481 e. The smallest absolute Gasteiger partial charge is 0.475 e. The number of carbonyl (C=O) groups excluding carboxylic acids is 2. The van der Waals surface area contributed by atoms with Crippen molar-refractivity contribution in [1.82, 2.24) is 19.9 Å². The molecule has 5 unspecified atom stereocenters. The number of carboxylic acids is 1. The third kappa shape index (κ3) is 9.65. The number of carbonyl (C=O) groups is 3. The number of H-pyrrole nitrogens is 2. The Bertz CT molecular complexity index is 1940. The fourth-order valence-electron chi connectivity index (χ4n) is 5.20. The standard InChI is InChI=1S/C28H31FN5O13PS4.Fm/c1-2-3-43-28(41)34-16(24(38)25(39)23(34)15-6-31-22-21(15)32-27(30)33-26(22)40)9-47-48(42)45-7-13-4-17(51-49-10-19(35)36)18(5-14(13)8-46-48)52-50-11-20(37)44-12-29;/h2,4-6,16,23-25,31,38-39H,1,3,7-12H2,(H,35,36)(H3,30,32,33,40);. The molecule has 2 aliphatic rings. The van der Waals surface area contributed by atoms with Crippen molar-refractivity contribution in [1.29, 1.82) is 0 Å². The van der Waals surface area contributed by atoms with Crippen LogP contribution in [0.4, 0.5) is 15.1 Å². The second-order valence-corrected chi connectivity index (χ2v) is 17.1. The van der Waals surface area contributed by atoms with Crippen LogP contribution in [0.25, 0.3) is 11.0 Å². The first-order valence-electron chi connectivity index (χ1n) is 14.9. The summed E-state index contributed by atoms with van der Waals surface area (Å²) in [5.74, 6) is -2.42. The molecule has 2 aliphatic heterocycles. The summed E-state index contributed by atoms with van der Waals surface area (Å²) in [6.07, 6.45) is -1.75. The van der Waals surface area contributed by atoms with Gasteiger partial charge in [0.15, 0.2) is 0 Å². The van der Waals surface area contributed by atoms with Gasteiger partial charge in [-0.15, -0.1) is 0 Å². The summed E-state index contributed by atoms with van der Waals surface area (Å²) < 4.78 is 52.5. The number of nitrogens with two attached hydrogens (primary N) is 1. The van der Waals surface area contributed by atoms with Crippen LogP contribution in [0.1, 0.15) is 22.7 Å². The number of halogens is 1. The average Bonchev–Trinajstić information content (AvgIpc) is 3.56. The van der Waals surface area contributed by atoms with Crippen LogP contribution in [0.15, 0.2) is 45.6 Å². The number of rotatable bonds is 15. The Morgan fingerprint density at radius 3 is 2.36 bits per heavy atom. The van der Waals surface area contributed by atoms with Gasteiger partial charge in [-0.3, -0.25) is 37.8 Å².